The second-order valence-electron chi connectivity index (χ2n) is 6.34. The lowest BCUT2D eigenvalue weighted by molar-refractivity contribution is -0.266. The molecule has 9 heteroatoms. The normalized spacial score (nSPS) is 24.5. The van der Waals surface area contributed by atoms with Gasteiger partial charge in [-0.1, -0.05) is 6.07 Å². The highest BCUT2D eigenvalue weighted by atomic mass is 19.4. The molecule has 1 saturated heterocycles. The second-order valence-corrected chi connectivity index (χ2v) is 6.34. The summed E-state index contributed by atoms with van der Waals surface area (Å²) < 4.78 is 37.3. The number of carbonyl (C=O) groups is 1. The van der Waals surface area contributed by atoms with Crippen molar-refractivity contribution in [2.45, 2.75) is 44.1 Å². The van der Waals surface area contributed by atoms with Crippen LogP contribution in [0.1, 0.15) is 30.7 Å². The summed E-state index contributed by atoms with van der Waals surface area (Å²) in [7, 11) is 0. The fourth-order valence-corrected chi connectivity index (χ4v) is 3.52. The van der Waals surface area contributed by atoms with Gasteiger partial charge in [0.1, 0.15) is 18.0 Å². The Morgan fingerprint density at radius 2 is 2.17 bits per heavy atom. The maximum Gasteiger partial charge on any atom is 0.391 e. The van der Waals surface area contributed by atoms with E-state index in [0.29, 0.717) is 12.2 Å². The highest BCUT2D eigenvalue weighted by molar-refractivity contribution is 5.65. The van der Waals surface area contributed by atoms with Crippen LogP contribution in [-0.4, -0.2) is 52.4 Å². The van der Waals surface area contributed by atoms with Crippen LogP contribution in [0.4, 0.5) is 23.8 Å². The van der Waals surface area contributed by atoms with E-state index in [1.165, 1.54) is 11.0 Å². The van der Waals surface area contributed by atoms with Crippen molar-refractivity contribution in [2.24, 2.45) is 0 Å². The number of pyridine rings is 1. The van der Waals surface area contributed by atoms with Gasteiger partial charge in [-0.15, -0.1) is 0 Å². The van der Waals surface area contributed by atoms with Crippen molar-refractivity contribution in [3.05, 3.63) is 23.4 Å². The maximum absolute atomic E-state index is 12.4. The van der Waals surface area contributed by atoms with E-state index in [4.69, 9.17) is 0 Å². The van der Waals surface area contributed by atoms with Crippen LogP contribution < -0.4 is 10.0 Å². The zero-order valence-electron chi connectivity index (χ0n) is 13.0. The van der Waals surface area contributed by atoms with Gasteiger partial charge < -0.3 is 24.8 Å². The summed E-state index contributed by atoms with van der Waals surface area (Å²) >= 11 is 0. The predicted octanol–water partition coefficient (Wildman–Crippen LogP) is 0.846. The molecule has 6 nitrogen and oxygen atoms in total. The van der Waals surface area contributed by atoms with Crippen LogP contribution in [0.15, 0.2) is 12.1 Å². The molecule has 0 spiro atoms. The number of fused-ring (bicyclic) bond motifs is 3. The van der Waals surface area contributed by atoms with Gasteiger partial charge in [0.15, 0.2) is 0 Å². The largest absolute Gasteiger partial charge is 0.530 e. The molecule has 1 amide bonds. The first-order valence-corrected chi connectivity index (χ1v) is 7.64. The third kappa shape index (κ3) is 3.12. The van der Waals surface area contributed by atoms with Gasteiger partial charge in [-0.2, -0.15) is 13.2 Å². The fraction of sp³-hybridized carbons (Fsp3) is 0.600. The van der Waals surface area contributed by atoms with Crippen LogP contribution in [0, 0.1) is 0 Å². The number of carboxylic acid groups (broad SMARTS) is 1. The first-order valence-electron chi connectivity index (χ1n) is 7.64. The van der Waals surface area contributed by atoms with Crippen LogP contribution in [0.25, 0.3) is 0 Å². The molecule has 0 radical (unpaired) electrons. The Morgan fingerprint density at radius 3 is 2.79 bits per heavy atom. The summed E-state index contributed by atoms with van der Waals surface area (Å²) in [6, 6.07) is 2.76. The van der Waals surface area contributed by atoms with E-state index in [1.54, 1.807) is 6.07 Å². The number of alkyl halides is 3. The third-order valence-electron chi connectivity index (χ3n) is 4.49. The molecule has 0 bridgehead atoms. The van der Waals surface area contributed by atoms with Crippen molar-refractivity contribution in [2.75, 3.05) is 18.0 Å². The summed E-state index contributed by atoms with van der Waals surface area (Å²) in [5, 5.41) is 20.8. The van der Waals surface area contributed by atoms with Gasteiger partial charge in [0.05, 0.1) is 18.2 Å². The summed E-state index contributed by atoms with van der Waals surface area (Å²) in [6.07, 6.45) is -8.21. The van der Waals surface area contributed by atoms with E-state index in [-0.39, 0.29) is 30.9 Å². The topological polar surface area (TPSA) is 79.7 Å². The number of aliphatic hydroxyl groups excluding tert-OH is 1. The smallest absolute Gasteiger partial charge is 0.391 e. The summed E-state index contributed by atoms with van der Waals surface area (Å²) in [6.45, 7) is 2.34. The van der Waals surface area contributed by atoms with E-state index in [1.807, 2.05) is 11.8 Å². The van der Waals surface area contributed by atoms with Gasteiger partial charge in [-0.25, -0.2) is 4.98 Å². The highest BCUT2D eigenvalue weighted by Gasteiger charge is 2.40. The van der Waals surface area contributed by atoms with Gasteiger partial charge in [0.2, 0.25) is 0 Å². The van der Waals surface area contributed by atoms with Gasteiger partial charge in [0.25, 0.3) is 0 Å². The summed E-state index contributed by atoms with van der Waals surface area (Å²) in [5.41, 5.74) is 0.816. The van der Waals surface area contributed by atoms with Crippen molar-refractivity contribution in [3.63, 3.8) is 0 Å². The molecule has 0 saturated carbocycles. The number of anilines is 1. The van der Waals surface area contributed by atoms with E-state index < -0.39 is 24.8 Å². The monoisotopic (exact) mass is 344 g/mol. The molecule has 2 aliphatic heterocycles. The van der Waals surface area contributed by atoms with Gasteiger partial charge in [-0.3, -0.25) is 0 Å². The van der Waals surface area contributed by atoms with Crippen LogP contribution in [-0.2, 0) is 6.42 Å². The lowest BCUT2D eigenvalue weighted by atomic mass is 10.1. The molecule has 1 aromatic rings. The number of halogens is 3. The highest BCUT2D eigenvalue weighted by Crippen LogP contribution is 2.37. The molecule has 0 aliphatic carbocycles. The van der Waals surface area contributed by atoms with E-state index in [0.717, 1.165) is 5.56 Å². The number of nitrogens with zero attached hydrogens (tertiary/aromatic N) is 3. The Balaban J connectivity index is 1.84. The fourth-order valence-electron chi connectivity index (χ4n) is 3.52. The number of carbonyl (C=O) groups excluding carboxylic acids is 1. The minimum absolute atomic E-state index is 0.0266. The Labute approximate surface area is 136 Å². The molecule has 24 heavy (non-hydrogen) atoms. The molecular weight excluding hydrogens is 327 g/mol. The molecule has 1 aromatic heterocycles. The number of aromatic nitrogens is 1. The van der Waals surface area contributed by atoms with Crippen molar-refractivity contribution in [1.29, 1.82) is 0 Å². The number of piperazine rings is 1. The van der Waals surface area contributed by atoms with E-state index in [9.17, 15) is 28.2 Å². The number of aliphatic hydroxyl groups is 1. The molecular formula is C15H17F3N3O3-. The number of hydrogen-bond acceptors (Lipinski definition) is 5. The van der Waals surface area contributed by atoms with Crippen LogP contribution >= 0.6 is 0 Å². The minimum atomic E-state index is -4.48. The first kappa shape index (κ1) is 16.8. The molecule has 3 heterocycles. The first-order chi connectivity index (χ1) is 11.2. The van der Waals surface area contributed by atoms with Gasteiger partial charge in [-0.05, 0) is 25.0 Å². The maximum atomic E-state index is 12.4. The van der Waals surface area contributed by atoms with E-state index in [2.05, 4.69) is 4.98 Å². The standard InChI is InChI=1S/C15H18F3N3O3/c1-8-6-20(14(23)24)7-10-4-9-2-3-11(19-13(9)21(8)10)12(22)5-15(16,17)18/h2-3,8,10,12,22H,4-7H2,1H3,(H,23,24)/p-1/t8-,10-,12?/m1/s1. The van der Waals surface area contributed by atoms with Crippen LogP contribution in [0.2, 0.25) is 0 Å². The molecule has 132 valence electrons. The average molecular weight is 344 g/mol. The Hall–Kier alpha value is -2.03. The lowest BCUT2D eigenvalue weighted by Crippen LogP contribution is -2.60. The van der Waals surface area contributed by atoms with Gasteiger partial charge >= 0.3 is 6.18 Å². The molecule has 1 N–H and O–H groups in total. The number of rotatable bonds is 2. The van der Waals surface area contributed by atoms with E-state index >= 15 is 0 Å². The quantitative estimate of drug-likeness (QED) is 0.860. The molecule has 3 atom stereocenters. The zero-order chi connectivity index (χ0) is 17.6. The van der Waals surface area contributed by atoms with Crippen molar-refractivity contribution < 1.29 is 28.2 Å². The third-order valence-corrected chi connectivity index (χ3v) is 4.49. The Kier molecular flexibility index (Phi) is 4.06. The lowest BCUT2D eigenvalue weighted by Gasteiger charge is -2.44. The number of hydrogen-bond donors (Lipinski definition) is 1. The molecule has 3 rings (SSSR count). The van der Waals surface area contributed by atoms with Crippen LogP contribution in [0.3, 0.4) is 0 Å². The second kappa shape index (κ2) is 5.80. The SMILES string of the molecule is C[C@@H]1CN(C(=O)[O-])C[C@H]2Cc3ccc(C(O)CC(F)(F)F)nc3N21. The molecule has 1 unspecified atom stereocenters. The Morgan fingerprint density at radius 1 is 1.46 bits per heavy atom. The molecule has 0 aromatic carbocycles. The minimum Gasteiger partial charge on any atom is -0.530 e. The van der Waals surface area contributed by atoms with Crippen molar-refractivity contribution >= 4 is 11.9 Å². The summed E-state index contributed by atoms with van der Waals surface area (Å²) in [5.74, 6) is 0.532. The molecule has 1 fully saturated rings. The Bertz CT molecular complexity index is 653. The molecule has 2 aliphatic rings. The predicted molar refractivity (Wildman–Crippen MR) is 76.3 cm³/mol. The van der Waals surface area contributed by atoms with Crippen molar-refractivity contribution in [3.8, 4) is 0 Å². The van der Waals surface area contributed by atoms with Crippen LogP contribution in [0.5, 0.6) is 0 Å². The summed E-state index contributed by atoms with van der Waals surface area (Å²) in [4.78, 5) is 18.5. The number of amides is 1. The van der Waals surface area contributed by atoms with Crippen molar-refractivity contribution in [1.82, 2.24) is 9.88 Å². The average Bonchev–Trinajstić information content (AvgIpc) is 2.82. The van der Waals surface area contributed by atoms with Gasteiger partial charge in [0, 0.05) is 19.1 Å². The zero-order valence-corrected chi connectivity index (χ0v) is 13.0.